The molecule has 1 aromatic carbocycles. The normalized spacial score (nSPS) is 17.6. The zero-order valence-corrected chi connectivity index (χ0v) is 17.1. The molecule has 1 fully saturated rings. The first kappa shape index (κ1) is 21.1. The van der Waals surface area contributed by atoms with Gasteiger partial charge in [-0.05, 0) is 24.7 Å². The van der Waals surface area contributed by atoms with Crippen LogP contribution in [-0.4, -0.2) is 45.9 Å². The van der Waals surface area contributed by atoms with Crippen LogP contribution in [0.2, 0.25) is 5.02 Å². The molecular weight excluding hydrogens is 417 g/mol. The molecule has 2 N–H and O–H groups in total. The van der Waals surface area contributed by atoms with E-state index in [1.54, 1.807) is 11.0 Å². The van der Waals surface area contributed by atoms with E-state index in [4.69, 9.17) is 11.6 Å². The Morgan fingerprint density at radius 3 is 2.81 bits per heavy atom. The predicted molar refractivity (Wildman–Crippen MR) is 106 cm³/mol. The number of hydrogen-bond acceptors (Lipinski definition) is 5. The molecule has 0 saturated carbocycles. The van der Waals surface area contributed by atoms with Crippen LogP contribution in [0.1, 0.15) is 21.3 Å². The first-order valence-corrected chi connectivity index (χ1v) is 10.5. The molecular formula is C16H19Cl2N3O3S2. The van der Waals surface area contributed by atoms with Gasteiger partial charge in [0.25, 0.3) is 5.91 Å². The van der Waals surface area contributed by atoms with E-state index in [-0.39, 0.29) is 29.3 Å². The van der Waals surface area contributed by atoms with Gasteiger partial charge in [-0.15, -0.1) is 23.7 Å². The monoisotopic (exact) mass is 435 g/mol. The van der Waals surface area contributed by atoms with E-state index in [1.165, 1.54) is 18.5 Å². The second-order valence-electron chi connectivity index (χ2n) is 5.59. The van der Waals surface area contributed by atoms with Crippen molar-refractivity contribution in [2.75, 3.05) is 26.7 Å². The maximum absolute atomic E-state index is 13.0. The number of rotatable bonds is 4. The molecule has 1 amide bonds. The van der Waals surface area contributed by atoms with Gasteiger partial charge in [0.05, 0.1) is 15.8 Å². The first-order chi connectivity index (χ1) is 11.9. The van der Waals surface area contributed by atoms with Gasteiger partial charge in [-0.2, -0.15) is 0 Å². The lowest BCUT2D eigenvalue weighted by Crippen LogP contribution is -2.48. The van der Waals surface area contributed by atoms with Crippen LogP contribution in [0.4, 0.5) is 0 Å². The fourth-order valence-corrected chi connectivity index (χ4v) is 5.02. The van der Waals surface area contributed by atoms with Crippen molar-refractivity contribution < 1.29 is 13.2 Å². The van der Waals surface area contributed by atoms with E-state index < -0.39 is 10.0 Å². The van der Waals surface area contributed by atoms with Gasteiger partial charge in [-0.25, -0.2) is 13.1 Å². The van der Waals surface area contributed by atoms with Crippen molar-refractivity contribution >= 4 is 51.3 Å². The van der Waals surface area contributed by atoms with Crippen LogP contribution in [0.5, 0.6) is 0 Å². The molecule has 3 rings (SSSR count). The van der Waals surface area contributed by atoms with Crippen molar-refractivity contribution in [3.63, 3.8) is 0 Å². The van der Waals surface area contributed by atoms with Gasteiger partial charge in [-0.3, -0.25) is 4.79 Å². The van der Waals surface area contributed by atoms with E-state index in [0.717, 1.165) is 16.9 Å². The van der Waals surface area contributed by atoms with Crippen molar-refractivity contribution in [2.24, 2.45) is 0 Å². The summed E-state index contributed by atoms with van der Waals surface area (Å²) in [5, 5.41) is 5.37. The summed E-state index contributed by atoms with van der Waals surface area (Å²) in [7, 11) is -2.21. The molecule has 0 bridgehead atoms. The quantitative estimate of drug-likeness (QED) is 0.772. The third-order valence-electron chi connectivity index (χ3n) is 4.13. The minimum absolute atomic E-state index is 0. The Balaban J connectivity index is 0.00000243. The second-order valence-corrected chi connectivity index (χ2v) is 8.80. The number of nitrogens with zero attached hydrogens (tertiary/aromatic N) is 1. The fourth-order valence-electron chi connectivity index (χ4n) is 2.80. The van der Waals surface area contributed by atoms with Crippen LogP contribution in [0, 0.1) is 0 Å². The molecule has 6 nitrogen and oxygen atoms in total. The number of nitrogens with one attached hydrogen (secondary N) is 2. The molecule has 1 saturated heterocycles. The van der Waals surface area contributed by atoms with Gasteiger partial charge in [0.1, 0.15) is 0 Å². The van der Waals surface area contributed by atoms with Crippen molar-refractivity contribution in [3.05, 3.63) is 51.2 Å². The standard InChI is InChI=1S/C16H18ClN3O3S2.ClH/c1-18-25(22,23)11-8-15(24-10-11)16(21)20-7-6-19-9-14(20)12-4-2-3-5-13(12)17;/h2-5,8,10,14,18-19H,6-7,9H2,1H3;1H. The molecule has 26 heavy (non-hydrogen) atoms. The molecule has 1 aliphatic heterocycles. The van der Waals surface area contributed by atoms with Gasteiger partial charge in [0.15, 0.2) is 0 Å². The summed E-state index contributed by atoms with van der Waals surface area (Å²) in [6.07, 6.45) is 0. The van der Waals surface area contributed by atoms with Crippen LogP contribution in [0.15, 0.2) is 40.6 Å². The topological polar surface area (TPSA) is 78.5 Å². The van der Waals surface area contributed by atoms with Crippen molar-refractivity contribution in [3.8, 4) is 0 Å². The molecule has 1 aliphatic rings. The van der Waals surface area contributed by atoms with Gasteiger partial charge >= 0.3 is 0 Å². The Bertz CT molecular complexity index is 886. The van der Waals surface area contributed by atoms with Gasteiger partial charge in [-0.1, -0.05) is 29.8 Å². The maximum Gasteiger partial charge on any atom is 0.264 e. The summed E-state index contributed by atoms with van der Waals surface area (Å²) in [5.74, 6) is -0.186. The molecule has 10 heteroatoms. The number of halogens is 2. The molecule has 1 atom stereocenters. The predicted octanol–water partition coefficient (Wildman–Crippen LogP) is 2.52. The van der Waals surface area contributed by atoms with E-state index in [9.17, 15) is 13.2 Å². The lowest BCUT2D eigenvalue weighted by atomic mass is 10.0. The summed E-state index contributed by atoms with van der Waals surface area (Å²) >= 11 is 7.44. The first-order valence-electron chi connectivity index (χ1n) is 7.72. The van der Waals surface area contributed by atoms with Crippen molar-refractivity contribution in [1.82, 2.24) is 14.9 Å². The van der Waals surface area contributed by atoms with Crippen LogP contribution >= 0.6 is 35.3 Å². The smallest absolute Gasteiger partial charge is 0.264 e. The lowest BCUT2D eigenvalue weighted by molar-refractivity contribution is 0.0639. The molecule has 142 valence electrons. The fraction of sp³-hybridized carbons (Fsp3) is 0.312. The highest BCUT2D eigenvalue weighted by Gasteiger charge is 2.31. The molecule has 0 aliphatic carbocycles. The number of carbonyl (C=O) groups is 1. The third kappa shape index (κ3) is 4.21. The third-order valence-corrected chi connectivity index (χ3v) is 6.94. The largest absolute Gasteiger partial charge is 0.328 e. The van der Waals surface area contributed by atoms with E-state index in [2.05, 4.69) is 10.0 Å². The van der Waals surface area contributed by atoms with E-state index in [0.29, 0.717) is 29.5 Å². The highest BCUT2D eigenvalue weighted by Crippen LogP contribution is 2.31. The number of piperazine rings is 1. The lowest BCUT2D eigenvalue weighted by Gasteiger charge is -2.36. The number of carbonyl (C=O) groups excluding carboxylic acids is 1. The van der Waals surface area contributed by atoms with Crippen LogP contribution in [0.3, 0.4) is 0 Å². The Hall–Kier alpha value is -1.16. The Morgan fingerprint density at radius 1 is 1.38 bits per heavy atom. The van der Waals surface area contributed by atoms with Crippen LogP contribution in [0.25, 0.3) is 0 Å². The Labute approximate surface area is 168 Å². The van der Waals surface area contributed by atoms with E-state index in [1.807, 2.05) is 18.2 Å². The highest BCUT2D eigenvalue weighted by molar-refractivity contribution is 7.89. The average Bonchev–Trinajstić information content (AvgIpc) is 3.12. The second kappa shape index (κ2) is 8.69. The highest BCUT2D eigenvalue weighted by atomic mass is 35.5. The van der Waals surface area contributed by atoms with Gasteiger partial charge in [0.2, 0.25) is 10.0 Å². The minimum atomic E-state index is -3.56. The zero-order chi connectivity index (χ0) is 18.0. The summed E-state index contributed by atoms with van der Waals surface area (Å²) < 4.78 is 26.0. The number of sulfonamides is 1. The molecule has 0 radical (unpaired) electrons. The molecule has 1 unspecified atom stereocenters. The van der Waals surface area contributed by atoms with Crippen LogP contribution in [-0.2, 0) is 10.0 Å². The number of hydrogen-bond donors (Lipinski definition) is 2. The number of amides is 1. The van der Waals surface area contributed by atoms with Crippen molar-refractivity contribution in [2.45, 2.75) is 10.9 Å². The van der Waals surface area contributed by atoms with Gasteiger partial charge in [0, 0.05) is 30.0 Å². The Morgan fingerprint density at radius 2 is 2.12 bits per heavy atom. The summed E-state index contributed by atoms with van der Waals surface area (Å²) in [4.78, 5) is 15.2. The molecule has 1 aromatic heterocycles. The van der Waals surface area contributed by atoms with Gasteiger partial charge < -0.3 is 10.2 Å². The summed E-state index contributed by atoms with van der Waals surface area (Å²) in [6, 6.07) is 8.68. The number of benzene rings is 1. The van der Waals surface area contributed by atoms with E-state index >= 15 is 0 Å². The maximum atomic E-state index is 13.0. The minimum Gasteiger partial charge on any atom is -0.328 e. The summed E-state index contributed by atoms with van der Waals surface area (Å²) in [6.45, 7) is 1.81. The summed E-state index contributed by atoms with van der Waals surface area (Å²) in [5.41, 5.74) is 0.879. The Kier molecular flexibility index (Phi) is 7.06. The molecule has 2 heterocycles. The SMILES string of the molecule is CNS(=O)(=O)c1csc(C(=O)N2CCNCC2c2ccccc2Cl)c1.Cl. The molecule has 2 aromatic rings. The molecule has 0 spiro atoms. The number of thiophene rings is 1. The average molecular weight is 436 g/mol. The van der Waals surface area contributed by atoms with Crippen LogP contribution < -0.4 is 10.0 Å². The zero-order valence-electron chi connectivity index (χ0n) is 13.9. The van der Waals surface area contributed by atoms with Crippen molar-refractivity contribution in [1.29, 1.82) is 0 Å².